The van der Waals surface area contributed by atoms with Crippen molar-refractivity contribution in [3.8, 4) is 0 Å². The molecule has 0 aliphatic carbocycles. The van der Waals surface area contributed by atoms with Gasteiger partial charge in [-0.25, -0.2) is 9.59 Å². The van der Waals surface area contributed by atoms with E-state index in [1.54, 1.807) is 0 Å². The maximum atomic E-state index is 10.7. The van der Waals surface area contributed by atoms with Crippen LogP contribution in [0.1, 0.15) is 21.0 Å². The van der Waals surface area contributed by atoms with Crippen LogP contribution in [-0.2, 0) is 4.74 Å². The number of hydrogen-bond acceptors (Lipinski definition) is 9. The molecular weight excluding hydrogens is 320 g/mol. The summed E-state index contributed by atoms with van der Waals surface area (Å²) in [5.74, 6) is -2.77. The molecule has 0 spiro atoms. The van der Waals surface area contributed by atoms with Gasteiger partial charge in [-0.1, -0.05) is 10.2 Å². The Hall–Kier alpha value is -3.84. The summed E-state index contributed by atoms with van der Waals surface area (Å²) in [4.78, 5) is 39.5. The number of nitrogens with one attached hydrogen (secondary N) is 2. The van der Waals surface area contributed by atoms with Crippen molar-refractivity contribution in [1.29, 1.82) is 0 Å². The van der Waals surface area contributed by atoms with Crippen LogP contribution in [0.3, 0.4) is 0 Å². The number of esters is 1. The summed E-state index contributed by atoms with van der Waals surface area (Å²) in [7, 11) is 1.17. The number of aromatic amines is 2. The smallest absolute Gasteiger partial charge is 0.360 e. The van der Waals surface area contributed by atoms with Crippen LogP contribution in [0, 0.1) is 20.2 Å². The summed E-state index contributed by atoms with van der Waals surface area (Å²) < 4.78 is 4.29. The summed E-state index contributed by atoms with van der Waals surface area (Å²) in [5.41, 5.74) is -0.471. The van der Waals surface area contributed by atoms with E-state index in [4.69, 9.17) is 5.11 Å². The van der Waals surface area contributed by atoms with E-state index in [1.807, 2.05) is 5.10 Å². The molecular formula is C9H8N6O8. The second-order valence-corrected chi connectivity index (χ2v) is 3.59. The first kappa shape index (κ1) is 17.2. The van der Waals surface area contributed by atoms with E-state index in [0.717, 1.165) is 12.1 Å². The van der Waals surface area contributed by atoms with E-state index in [1.165, 1.54) is 7.11 Å². The van der Waals surface area contributed by atoms with E-state index >= 15 is 0 Å². The molecule has 2 aromatic heterocycles. The third-order valence-electron chi connectivity index (χ3n) is 2.14. The zero-order chi connectivity index (χ0) is 17.6. The van der Waals surface area contributed by atoms with Gasteiger partial charge in [0.1, 0.15) is 0 Å². The van der Waals surface area contributed by atoms with E-state index in [9.17, 15) is 29.8 Å². The van der Waals surface area contributed by atoms with E-state index in [0.29, 0.717) is 0 Å². The highest BCUT2D eigenvalue weighted by Crippen LogP contribution is 2.08. The Morgan fingerprint density at radius 3 is 1.83 bits per heavy atom. The van der Waals surface area contributed by atoms with Crippen molar-refractivity contribution in [1.82, 2.24) is 20.4 Å². The number of carboxylic acid groups (broad SMARTS) is 1. The molecule has 0 aliphatic heterocycles. The molecule has 2 heterocycles. The van der Waals surface area contributed by atoms with Gasteiger partial charge in [0.15, 0.2) is 11.4 Å². The van der Waals surface area contributed by atoms with Gasteiger partial charge in [0, 0.05) is 0 Å². The molecule has 0 saturated carbocycles. The van der Waals surface area contributed by atoms with Crippen molar-refractivity contribution in [2.75, 3.05) is 7.11 Å². The molecule has 2 rings (SSSR count). The standard InChI is InChI=1S/C5H5N3O4.C4H3N3O4/c1-12-5(9)3-2-4(7-6-3)8(10)11;8-4(9)2-1-3(6-5-2)7(10)11/h2H,1H3,(H,6,7);1H,(H,5,6)(H,8,9). The molecule has 122 valence electrons. The lowest BCUT2D eigenvalue weighted by Gasteiger charge is -1.88. The van der Waals surface area contributed by atoms with Gasteiger partial charge in [-0.3, -0.25) is 0 Å². The first-order chi connectivity index (χ1) is 10.8. The largest absolute Gasteiger partial charge is 0.476 e. The maximum absolute atomic E-state index is 10.7. The lowest BCUT2D eigenvalue weighted by atomic mass is 10.4. The van der Waals surface area contributed by atoms with Gasteiger partial charge in [0.2, 0.25) is 0 Å². The Bertz CT molecular complexity index is 720. The number of hydrogen-bond donors (Lipinski definition) is 3. The number of ether oxygens (including phenoxy) is 1. The minimum Gasteiger partial charge on any atom is -0.476 e. The quantitative estimate of drug-likeness (QED) is 0.392. The van der Waals surface area contributed by atoms with Crippen LogP contribution in [-0.4, -0.2) is 54.4 Å². The number of aromatic carboxylic acids is 1. The highest BCUT2D eigenvalue weighted by atomic mass is 16.6. The summed E-state index contributed by atoms with van der Waals surface area (Å²) in [5, 5.41) is 38.9. The van der Waals surface area contributed by atoms with Crippen LogP contribution in [0.15, 0.2) is 12.1 Å². The van der Waals surface area contributed by atoms with Gasteiger partial charge in [-0.15, -0.1) is 10.2 Å². The molecule has 0 unspecified atom stereocenters. The number of carbonyl (C=O) groups excluding carboxylic acids is 1. The molecule has 0 saturated heterocycles. The second kappa shape index (κ2) is 7.25. The average Bonchev–Trinajstić information content (AvgIpc) is 3.16. The fourth-order valence-corrected chi connectivity index (χ4v) is 1.13. The van der Waals surface area contributed by atoms with Crippen LogP contribution in [0.25, 0.3) is 0 Å². The molecule has 0 radical (unpaired) electrons. The minimum atomic E-state index is -1.30. The topological polar surface area (TPSA) is 207 Å². The lowest BCUT2D eigenvalue weighted by molar-refractivity contribution is -0.389. The van der Waals surface area contributed by atoms with Gasteiger partial charge < -0.3 is 30.1 Å². The molecule has 14 heteroatoms. The number of rotatable bonds is 4. The SMILES string of the molecule is COC(=O)c1cc([N+](=O)[O-])[nH]n1.O=C(O)c1cc([N+](=O)[O-])[nH]n1. The number of nitrogens with zero attached hydrogens (tertiary/aromatic N) is 4. The molecule has 0 fully saturated rings. The number of carbonyl (C=O) groups is 2. The van der Waals surface area contributed by atoms with Crippen molar-refractivity contribution in [3.05, 3.63) is 43.7 Å². The molecule has 3 N–H and O–H groups in total. The fraction of sp³-hybridized carbons (Fsp3) is 0.111. The van der Waals surface area contributed by atoms with E-state index in [-0.39, 0.29) is 17.2 Å². The first-order valence-electron chi connectivity index (χ1n) is 5.47. The molecule has 0 aliphatic rings. The van der Waals surface area contributed by atoms with Crippen molar-refractivity contribution in [3.63, 3.8) is 0 Å². The van der Waals surface area contributed by atoms with Crippen LogP contribution in [0.5, 0.6) is 0 Å². The normalized spacial score (nSPS) is 9.43. The zero-order valence-corrected chi connectivity index (χ0v) is 11.2. The second-order valence-electron chi connectivity index (χ2n) is 3.59. The van der Waals surface area contributed by atoms with E-state index in [2.05, 4.69) is 20.0 Å². The monoisotopic (exact) mass is 328 g/mol. The van der Waals surface area contributed by atoms with Gasteiger partial charge in [0.05, 0.1) is 19.2 Å². The Kier molecular flexibility index (Phi) is 5.42. The Morgan fingerprint density at radius 1 is 1.09 bits per heavy atom. The van der Waals surface area contributed by atoms with Crippen LogP contribution < -0.4 is 0 Å². The highest BCUT2D eigenvalue weighted by molar-refractivity contribution is 5.87. The van der Waals surface area contributed by atoms with Crippen molar-refractivity contribution >= 4 is 23.6 Å². The van der Waals surface area contributed by atoms with Gasteiger partial charge in [0.25, 0.3) is 0 Å². The summed E-state index contributed by atoms with van der Waals surface area (Å²) >= 11 is 0. The molecule has 2 aromatic rings. The summed E-state index contributed by atoms with van der Waals surface area (Å²) in [6.07, 6.45) is 0. The number of methoxy groups -OCH3 is 1. The minimum absolute atomic E-state index is 0.107. The summed E-state index contributed by atoms with van der Waals surface area (Å²) in [6.45, 7) is 0. The van der Waals surface area contributed by atoms with Crippen molar-refractivity contribution < 1.29 is 29.3 Å². The third kappa shape index (κ3) is 4.59. The van der Waals surface area contributed by atoms with Crippen LogP contribution in [0.4, 0.5) is 11.6 Å². The maximum Gasteiger partial charge on any atom is 0.360 e. The molecule has 0 aromatic carbocycles. The highest BCUT2D eigenvalue weighted by Gasteiger charge is 2.16. The summed E-state index contributed by atoms with van der Waals surface area (Å²) in [6, 6.07) is 1.86. The van der Waals surface area contributed by atoms with Gasteiger partial charge >= 0.3 is 23.6 Å². The van der Waals surface area contributed by atoms with Crippen molar-refractivity contribution in [2.24, 2.45) is 0 Å². The Balaban J connectivity index is 0.000000231. The van der Waals surface area contributed by atoms with Crippen LogP contribution >= 0.6 is 0 Å². The number of carboxylic acids is 1. The lowest BCUT2D eigenvalue weighted by Crippen LogP contribution is -2.00. The molecule has 0 bridgehead atoms. The van der Waals surface area contributed by atoms with Gasteiger partial charge in [-0.05, 0) is 9.85 Å². The van der Waals surface area contributed by atoms with Crippen LogP contribution in [0.2, 0.25) is 0 Å². The number of aromatic nitrogens is 4. The average molecular weight is 328 g/mol. The first-order valence-corrected chi connectivity index (χ1v) is 5.47. The molecule has 23 heavy (non-hydrogen) atoms. The van der Waals surface area contributed by atoms with Gasteiger partial charge in [-0.2, -0.15) is 0 Å². The molecule has 0 amide bonds. The Morgan fingerprint density at radius 2 is 1.52 bits per heavy atom. The predicted octanol–water partition coefficient (Wildman–Crippen LogP) is 0.121. The number of nitro groups is 2. The molecule has 0 atom stereocenters. The Labute approximate surface area is 125 Å². The predicted molar refractivity (Wildman–Crippen MR) is 68.8 cm³/mol. The zero-order valence-electron chi connectivity index (χ0n) is 11.2. The molecule has 14 nitrogen and oxygen atoms in total. The van der Waals surface area contributed by atoms with E-state index < -0.39 is 27.6 Å². The third-order valence-corrected chi connectivity index (χ3v) is 2.14. The van der Waals surface area contributed by atoms with Crippen molar-refractivity contribution in [2.45, 2.75) is 0 Å². The fourth-order valence-electron chi connectivity index (χ4n) is 1.13. The number of H-pyrrole nitrogens is 2.